The Morgan fingerprint density at radius 3 is 1.80 bits per heavy atom. The number of esters is 1. The van der Waals surface area contributed by atoms with Gasteiger partial charge in [-0.15, -0.1) is 0 Å². The van der Waals surface area contributed by atoms with Crippen LogP contribution < -0.4 is 0 Å². The highest BCUT2D eigenvalue weighted by Crippen LogP contribution is 2.18. The van der Waals surface area contributed by atoms with Gasteiger partial charge >= 0.3 is 11.9 Å². The van der Waals surface area contributed by atoms with Crippen molar-refractivity contribution in [1.82, 2.24) is 0 Å². The maximum Gasteiger partial charge on any atom is 0.306 e. The van der Waals surface area contributed by atoms with Crippen molar-refractivity contribution in [2.75, 3.05) is 0 Å². The molecule has 0 saturated heterocycles. The van der Waals surface area contributed by atoms with E-state index in [1.807, 2.05) is 41.5 Å². The first-order valence-corrected chi connectivity index (χ1v) is 7.76. The second-order valence-electron chi connectivity index (χ2n) is 5.20. The topological polar surface area (TPSA) is 63.6 Å². The summed E-state index contributed by atoms with van der Waals surface area (Å²) >= 11 is 0. The van der Waals surface area contributed by atoms with Crippen molar-refractivity contribution >= 4 is 11.9 Å². The minimum atomic E-state index is -0.656. The lowest BCUT2D eigenvalue weighted by molar-refractivity contribution is -0.148. The van der Waals surface area contributed by atoms with Gasteiger partial charge in [0.2, 0.25) is 0 Å². The van der Waals surface area contributed by atoms with Crippen LogP contribution in [0.25, 0.3) is 0 Å². The van der Waals surface area contributed by atoms with Crippen molar-refractivity contribution < 1.29 is 19.4 Å². The van der Waals surface area contributed by atoms with Gasteiger partial charge < -0.3 is 9.84 Å². The zero-order valence-electron chi connectivity index (χ0n) is 13.9. The highest BCUT2D eigenvalue weighted by atomic mass is 16.5. The normalized spacial score (nSPS) is 14.5. The van der Waals surface area contributed by atoms with Crippen LogP contribution in [0.4, 0.5) is 0 Å². The molecule has 0 aromatic rings. The third-order valence-electron chi connectivity index (χ3n) is 3.45. The van der Waals surface area contributed by atoms with Gasteiger partial charge in [0.1, 0.15) is 0 Å². The molecule has 0 aromatic heterocycles. The molecule has 0 amide bonds. The number of ether oxygens (including phenoxy) is 1. The average molecular weight is 288 g/mol. The molecule has 4 heteroatoms. The molecule has 0 spiro atoms. The van der Waals surface area contributed by atoms with E-state index in [4.69, 9.17) is 9.84 Å². The zero-order valence-corrected chi connectivity index (χ0v) is 13.9. The Kier molecular flexibility index (Phi) is 13.8. The standard InChI is InChI=1S/2C8H16O2/c1-4-6-8(9)10-7(3)5-2;1-4-6(3)7(5-2)8(9)10/h7H,4-6H2,1-3H3;6-7H,4-5H2,1-3H3,(H,9,10). The first-order chi connectivity index (χ1) is 9.33. The second-order valence-corrected chi connectivity index (χ2v) is 5.20. The van der Waals surface area contributed by atoms with E-state index in [0.29, 0.717) is 12.3 Å². The molecule has 120 valence electrons. The fraction of sp³-hybridized carbons (Fsp3) is 0.875. The van der Waals surface area contributed by atoms with E-state index in [9.17, 15) is 9.59 Å². The monoisotopic (exact) mass is 288 g/mol. The van der Waals surface area contributed by atoms with E-state index in [2.05, 4.69) is 0 Å². The first kappa shape index (κ1) is 21.2. The van der Waals surface area contributed by atoms with E-state index in [-0.39, 0.29) is 18.0 Å². The number of carboxylic acids is 1. The molecule has 0 aromatic carbocycles. The van der Waals surface area contributed by atoms with Crippen LogP contribution in [0.15, 0.2) is 0 Å². The summed E-state index contributed by atoms with van der Waals surface area (Å²) in [6, 6.07) is 0. The van der Waals surface area contributed by atoms with Crippen LogP contribution in [0.5, 0.6) is 0 Å². The molecule has 3 unspecified atom stereocenters. The van der Waals surface area contributed by atoms with Crippen LogP contribution in [0.1, 0.15) is 73.6 Å². The second kappa shape index (κ2) is 12.9. The van der Waals surface area contributed by atoms with Crippen molar-refractivity contribution in [3.05, 3.63) is 0 Å². The molecular formula is C16H32O4. The molecule has 0 heterocycles. The lowest BCUT2D eigenvalue weighted by Gasteiger charge is -2.15. The maximum atomic E-state index is 10.8. The number of carbonyl (C=O) groups excluding carboxylic acids is 1. The quantitative estimate of drug-likeness (QED) is 0.677. The number of hydrogen-bond acceptors (Lipinski definition) is 3. The smallest absolute Gasteiger partial charge is 0.306 e. The van der Waals surface area contributed by atoms with Crippen LogP contribution in [0.2, 0.25) is 0 Å². The maximum absolute atomic E-state index is 10.8. The van der Waals surface area contributed by atoms with Gasteiger partial charge in [0.05, 0.1) is 12.0 Å². The molecule has 0 fully saturated rings. The Morgan fingerprint density at radius 1 is 1.00 bits per heavy atom. The van der Waals surface area contributed by atoms with Crippen LogP contribution in [-0.2, 0) is 14.3 Å². The van der Waals surface area contributed by atoms with Crippen molar-refractivity contribution in [3.63, 3.8) is 0 Å². The molecular weight excluding hydrogens is 256 g/mol. The van der Waals surface area contributed by atoms with Crippen LogP contribution >= 0.6 is 0 Å². The van der Waals surface area contributed by atoms with Crippen molar-refractivity contribution in [1.29, 1.82) is 0 Å². The summed E-state index contributed by atoms with van der Waals surface area (Å²) in [7, 11) is 0. The van der Waals surface area contributed by atoms with E-state index in [1.54, 1.807) is 0 Å². The molecule has 20 heavy (non-hydrogen) atoms. The fourth-order valence-electron chi connectivity index (χ4n) is 1.68. The lowest BCUT2D eigenvalue weighted by Crippen LogP contribution is -2.19. The Balaban J connectivity index is 0. The molecule has 0 rings (SSSR count). The van der Waals surface area contributed by atoms with E-state index < -0.39 is 5.97 Å². The van der Waals surface area contributed by atoms with Gasteiger partial charge in [0.25, 0.3) is 0 Å². The van der Waals surface area contributed by atoms with Crippen molar-refractivity contribution in [2.24, 2.45) is 11.8 Å². The summed E-state index contributed by atoms with van der Waals surface area (Å²) in [4.78, 5) is 21.3. The molecule has 0 aliphatic rings. The highest BCUT2D eigenvalue weighted by molar-refractivity contribution is 5.70. The van der Waals surface area contributed by atoms with E-state index in [0.717, 1.165) is 25.7 Å². The van der Waals surface area contributed by atoms with E-state index >= 15 is 0 Å². The van der Waals surface area contributed by atoms with Gasteiger partial charge in [0, 0.05) is 6.42 Å². The van der Waals surface area contributed by atoms with Gasteiger partial charge in [-0.05, 0) is 32.1 Å². The summed E-state index contributed by atoms with van der Waals surface area (Å²) in [5.41, 5.74) is 0. The minimum absolute atomic E-state index is 0.0724. The van der Waals surface area contributed by atoms with Gasteiger partial charge in [-0.3, -0.25) is 9.59 Å². The summed E-state index contributed by atoms with van der Waals surface area (Å²) in [5, 5.41) is 8.67. The van der Waals surface area contributed by atoms with E-state index in [1.165, 1.54) is 0 Å². The molecule has 0 aliphatic heterocycles. The molecule has 1 N–H and O–H groups in total. The Labute approximate surface area is 123 Å². The summed E-state index contributed by atoms with van der Waals surface area (Å²) in [6.45, 7) is 11.8. The molecule has 0 bridgehead atoms. The number of hydrogen-bond donors (Lipinski definition) is 1. The van der Waals surface area contributed by atoms with Crippen molar-refractivity contribution in [2.45, 2.75) is 79.8 Å². The summed E-state index contributed by atoms with van der Waals surface area (Å²) < 4.78 is 5.00. The third-order valence-corrected chi connectivity index (χ3v) is 3.45. The Morgan fingerprint density at radius 2 is 1.55 bits per heavy atom. The number of carboxylic acid groups (broad SMARTS) is 1. The molecule has 0 saturated carbocycles. The fourth-order valence-corrected chi connectivity index (χ4v) is 1.68. The Hall–Kier alpha value is -1.06. The molecule has 0 aliphatic carbocycles. The number of carbonyl (C=O) groups is 2. The summed E-state index contributed by atoms with van der Waals surface area (Å²) in [5.74, 6) is -0.568. The van der Waals surface area contributed by atoms with Crippen LogP contribution in [0, 0.1) is 11.8 Å². The lowest BCUT2D eigenvalue weighted by atomic mass is 9.90. The predicted molar refractivity (Wildman–Crippen MR) is 81.6 cm³/mol. The summed E-state index contributed by atoms with van der Waals surface area (Å²) in [6.07, 6.45) is 4.09. The third kappa shape index (κ3) is 10.8. The van der Waals surface area contributed by atoms with Gasteiger partial charge in [-0.2, -0.15) is 0 Å². The molecule has 4 nitrogen and oxygen atoms in total. The predicted octanol–water partition coefficient (Wildman–Crippen LogP) is 4.27. The number of aliphatic carboxylic acids is 1. The minimum Gasteiger partial charge on any atom is -0.481 e. The zero-order chi connectivity index (χ0) is 16.1. The highest BCUT2D eigenvalue weighted by Gasteiger charge is 2.20. The van der Waals surface area contributed by atoms with Gasteiger partial charge in [-0.1, -0.05) is 41.0 Å². The SMILES string of the molecule is CCC(C)C(CC)C(=O)O.CCCC(=O)OC(C)CC. The largest absolute Gasteiger partial charge is 0.481 e. The van der Waals surface area contributed by atoms with Crippen LogP contribution in [0.3, 0.4) is 0 Å². The number of rotatable bonds is 8. The molecule has 0 radical (unpaired) electrons. The van der Waals surface area contributed by atoms with Crippen LogP contribution in [-0.4, -0.2) is 23.1 Å². The average Bonchev–Trinajstić information content (AvgIpc) is 2.39. The molecule has 3 atom stereocenters. The van der Waals surface area contributed by atoms with Gasteiger partial charge in [-0.25, -0.2) is 0 Å². The van der Waals surface area contributed by atoms with Crippen molar-refractivity contribution in [3.8, 4) is 0 Å². The van der Waals surface area contributed by atoms with Gasteiger partial charge in [0.15, 0.2) is 0 Å². The first-order valence-electron chi connectivity index (χ1n) is 7.76. The Bertz CT molecular complexity index is 261.